The average molecular weight is 558 g/mol. The lowest BCUT2D eigenvalue weighted by Crippen LogP contribution is -2.29. The van der Waals surface area contributed by atoms with Gasteiger partial charge in [0.2, 0.25) is 5.36 Å². The van der Waals surface area contributed by atoms with E-state index in [-0.39, 0.29) is 4.90 Å². The van der Waals surface area contributed by atoms with Gasteiger partial charge < -0.3 is 9.32 Å². The van der Waals surface area contributed by atoms with Gasteiger partial charge in [-0.15, -0.1) is 4.33 Å². The second-order valence-electron chi connectivity index (χ2n) is 8.84. The third-order valence-electron chi connectivity index (χ3n) is 6.75. The topological polar surface area (TPSA) is 92.2 Å². The molecule has 0 radical (unpaired) electrons. The number of benzene rings is 3. The van der Waals surface area contributed by atoms with Crippen LogP contribution in [0.2, 0.25) is 0 Å². The first-order valence-electron chi connectivity index (χ1n) is 12.6. The molecule has 8 nitrogen and oxygen atoms in total. The fraction of sp³-hybridized carbons (Fsp3) is 0.321. The van der Waals surface area contributed by atoms with Crippen molar-refractivity contribution < 1.29 is 27.5 Å². The molecule has 10 heteroatoms. The second-order valence-corrected chi connectivity index (χ2v) is 11.6. The number of anilines is 1. The van der Waals surface area contributed by atoms with Gasteiger partial charge in [-0.2, -0.15) is 0 Å². The molecule has 2 aromatic carbocycles. The van der Waals surface area contributed by atoms with E-state index < -0.39 is 9.84 Å². The second kappa shape index (κ2) is 11.9. The third-order valence-corrected chi connectivity index (χ3v) is 8.51. The average Bonchev–Trinajstić information content (AvgIpc) is 2.91. The molecule has 1 aliphatic heterocycles. The molecule has 2 aliphatic rings. The summed E-state index contributed by atoms with van der Waals surface area (Å²) in [4.78, 5) is 2.85. The summed E-state index contributed by atoms with van der Waals surface area (Å²) in [5.41, 5.74) is 4.20. The Bertz CT molecular complexity index is 1590. The summed E-state index contributed by atoms with van der Waals surface area (Å²) in [6.45, 7) is 11.9. The van der Waals surface area contributed by atoms with Crippen LogP contribution in [0.5, 0.6) is 0 Å². The van der Waals surface area contributed by atoms with Gasteiger partial charge in [-0.3, -0.25) is 0 Å². The fourth-order valence-electron chi connectivity index (χ4n) is 4.79. The summed E-state index contributed by atoms with van der Waals surface area (Å²) < 4.78 is 38.1. The van der Waals surface area contributed by atoms with Crippen molar-refractivity contribution in [3.8, 4) is 22.5 Å². The van der Waals surface area contributed by atoms with Crippen LogP contribution >= 0.6 is 12.0 Å². The molecule has 0 spiro atoms. The Balaban J connectivity index is 2.11. The van der Waals surface area contributed by atoms with Gasteiger partial charge >= 0.3 is 0 Å². The highest BCUT2D eigenvalue weighted by Gasteiger charge is 2.23. The van der Waals surface area contributed by atoms with E-state index in [1.807, 2.05) is 24.3 Å². The summed E-state index contributed by atoms with van der Waals surface area (Å²) in [5.74, 6) is 0.705. The molecular formula is C28H33N2O6S2+. The smallest absolute Gasteiger partial charge is 0.203 e. The molecule has 2 aromatic rings. The first-order chi connectivity index (χ1) is 18.2. The molecule has 0 saturated heterocycles. The lowest BCUT2D eigenvalue weighted by atomic mass is 9.93. The molecule has 38 heavy (non-hydrogen) atoms. The molecule has 4 rings (SSSR count). The minimum absolute atomic E-state index is 0.132. The van der Waals surface area contributed by atoms with E-state index in [1.165, 1.54) is 6.07 Å². The normalized spacial score (nSPS) is 11.8. The molecule has 0 unspecified atom stereocenters. The lowest BCUT2D eigenvalue weighted by molar-refractivity contribution is -0.432. The van der Waals surface area contributed by atoms with Crippen molar-refractivity contribution in [3.63, 3.8) is 0 Å². The predicted molar refractivity (Wildman–Crippen MR) is 152 cm³/mol. The molecule has 0 saturated carbocycles. The number of rotatable bonds is 10. The summed E-state index contributed by atoms with van der Waals surface area (Å²) >= 11 is 0.736. The zero-order valence-corrected chi connectivity index (χ0v) is 23.9. The third kappa shape index (κ3) is 5.60. The van der Waals surface area contributed by atoms with Crippen molar-refractivity contribution in [1.29, 1.82) is 0 Å². The highest BCUT2D eigenvalue weighted by molar-refractivity contribution is 7.94. The molecule has 1 heterocycles. The zero-order chi connectivity index (χ0) is 27.4. The van der Waals surface area contributed by atoms with Crippen LogP contribution in [0, 0.1) is 0 Å². The Morgan fingerprint density at radius 2 is 1.66 bits per heavy atom. The van der Waals surface area contributed by atoms with Gasteiger partial charge in [-0.1, -0.05) is 11.1 Å². The number of nitrogens with zero attached hydrogens (tertiary/aromatic N) is 2. The maximum atomic E-state index is 12.3. The molecule has 202 valence electrons. The summed E-state index contributed by atoms with van der Waals surface area (Å²) in [7, 11) is -3.48. The summed E-state index contributed by atoms with van der Waals surface area (Å²) in [5, 5.41) is 14.6. The van der Waals surface area contributed by atoms with Crippen molar-refractivity contribution in [2.45, 2.75) is 37.5 Å². The van der Waals surface area contributed by atoms with Crippen LogP contribution in [0.15, 0.2) is 68.8 Å². The fourth-order valence-corrected chi connectivity index (χ4v) is 6.05. The summed E-state index contributed by atoms with van der Waals surface area (Å²) in [6, 6.07) is 17.1. The van der Waals surface area contributed by atoms with Crippen molar-refractivity contribution in [3.05, 3.63) is 60.0 Å². The highest BCUT2D eigenvalue weighted by atomic mass is 32.2. The first-order valence-corrected chi connectivity index (χ1v) is 15.2. The number of sulfone groups is 1. The Hall–Kier alpha value is -2.89. The molecule has 0 amide bonds. The highest BCUT2D eigenvalue weighted by Crippen LogP contribution is 2.44. The van der Waals surface area contributed by atoms with E-state index in [0.29, 0.717) is 16.2 Å². The predicted octanol–water partition coefficient (Wildman–Crippen LogP) is 5.69. The van der Waals surface area contributed by atoms with Gasteiger partial charge in [0, 0.05) is 58.6 Å². The van der Waals surface area contributed by atoms with Crippen molar-refractivity contribution in [2.24, 2.45) is 0 Å². The summed E-state index contributed by atoms with van der Waals surface area (Å²) in [6.07, 6.45) is 1.15. The molecule has 0 aromatic heterocycles. The van der Waals surface area contributed by atoms with Crippen molar-refractivity contribution in [1.82, 2.24) is 4.58 Å². The Morgan fingerprint density at radius 3 is 2.29 bits per heavy atom. The molecular weight excluding hydrogens is 524 g/mol. The monoisotopic (exact) mass is 557 g/mol. The maximum absolute atomic E-state index is 12.3. The van der Waals surface area contributed by atoms with Crippen LogP contribution < -0.4 is 14.8 Å². The van der Waals surface area contributed by atoms with E-state index in [4.69, 9.17) is 14.0 Å². The lowest BCUT2D eigenvalue weighted by Gasteiger charge is -2.22. The van der Waals surface area contributed by atoms with Crippen LogP contribution in [0.25, 0.3) is 33.4 Å². The number of hydrogen-bond acceptors (Lipinski definition) is 8. The number of hydrogen-bond donors (Lipinski definition) is 1. The van der Waals surface area contributed by atoms with Gasteiger partial charge in [0.05, 0.1) is 23.0 Å². The maximum Gasteiger partial charge on any atom is 0.203 e. The van der Waals surface area contributed by atoms with Gasteiger partial charge in [0.15, 0.2) is 9.84 Å². The standard InChI is InChI=1S/C28H32N2O6S2/c1-6-29(7-2)19-10-13-22-25(16-19)34-26-17-20(30(8-3)9-4)11-14-23(26)28(22)24-15-12-21(38(5,32)33)18-27(24)37-36-35-31/h10-18H,6-9H2,1-5H3/p+1. The minimum atomic E-state index is -3.48. The van der Waals surface area contributed by atoms with Gasteiger partial charge in [-0.25, -0.2) is 18.3 Å². The minimum Gasteiger partial charge on any atom is -0.456 e. The van der Waals surface area contributed by atoms with Crippen molar-refractivity contribution >= 4 is 38.5 Å². The zero-order valence-electron chi connectivity index (χ0n) is 22.2. The molecule has 0 fully saturated rings. The van der Waals surface area contributed by atoms with Crippen LogP contribution in [-0.2, 0) is 19.2 Å². The van der Waals surface area contributed by atoms with E-state index in [2.05, 4.69) is 54.3 Å². The van der Waals surface area contributed by atoms with E-state index in [0.717, 1.165) is 77.6 Å². The molecule has 1 aliphatic carbocycles. The van der Waals surface area contributed by atoms with Gasteiger partial charge in [0.1, 0.15) is 24.4 Å². The van der Waals surface area contributed by atoms with Crippen molar-refractivity contribution in [2.75, 3.05) is 37.3 Å². The van der Waals surface area contributed by atoms with Crippen LogP contribution in [-0.4, -0.2) is 46.1 Å². The van der Waals surface area contributed by atoms with Gasteiger partial charge in [0.25, 0.3) is 0 Å². The Kier molecular flexibility index (Phi) is 8.79. The van der Waals surface area contributed by atoms with E-state index >= 15 is 0 Å². The van der Waals surface area contributed by atoms with Crippen LogP contribution in [0.4, 0.5) is 5.69 Å². The molecule has 0 bridgehead atoms. The molecule has 0 atom stereocenters. The first kappa shape index (κ1) is 28.1. The van der Waals surface area contributed by atoms with Crippen LogP contribution in [0.1, 0.15) is 27.7 Å². The number of fused-ring (bicyclic) bond motifs is 2. The largest absolute Gasteiger partial charge is 0.456 e. The van der Waals surface area contributed by atoms with Gasteiger partial charge in [-0.05, 0) is 63.6 Å². The van der Waals surface area contributed by atoms with E-state index in [1.54, 1.807) is 12.1 Å². The molecule has 1 N–H and O–H groups in total. The Morgan fingerprint density at radius 1 is 0.947 bits per heavy atom. The van der Waals surface area contributed by atoms with Crippen LogP contribution in [0.3, 0.4) is 0 Å². The van der Waals surface area contributed by atoms with E-state index in [9.17, 15) is 8.42 Å². The SMILES string of the molecule is CCN(CC)c1ccc2c(-c3ccc(S(C)(=O)=O)cc3SOOO)c3ccc(=[N+](CC)CC)cc-3oc2c1. The quantitative estimate of drug-likeness (QED) is 0.0874. The Labute approximate surface area is 227 Å².